The molecule has 0 atom stereocenters. The lowest BCUT2D eigenvalue weighted by molar-refractivity contribution is 0.199. The van der Waals surface area contributed by atoms with Crippen molar-refractivity contribution in [3.63, 3.8) is 0 Å². The summed E-state index contributed by atoms with van der Waals surface area (Å²) in [5.74, 6) is 0.00297. The summed E-state index contributed by atoms with van der Waals surface area (Å²) in [7, 11) is 1.69. The fraction of sp³-hybridized carbons (Fsp3) is 0.296. The number of nitrogens with one attached hydrogen (secondary N) is 3. The molecule has 37 heavy (non-hydrogen) atoms. The highest BCUT2D eigenvalue weighted by atomic mass is 32.1. The second-order valence-corrected chi connectivity index (χ2v) is 9.85. The second kappa shape index (κ2) is 11.6. The zero-order valence-corrected chi connectivity index (χ0v) is 21.2. The number of rotatable bonds is 11. The summed E-state index contributed by atoms with van der Waals surface area (Å²) >= 11 is 1.49. The first-order valence-corrected chi connectivity index (χ1v) is 13.0. The van der Waals surface area contributed by atoms with E-state index in [4.69, 9.17) is 9.47 Å². The molecule has 1 aliphatic carbocycles. The summed E-state index contributed by atoms with van der Waals surface area (Å²) in [5.41, 5.74) is 3.11. The van der Waals surface area contributed by atoms with Crippen LogP contribution in [0, 0.1) is 5.82 Å². The highest BCUT2D eigenvalue weighted by Crippen LogP contribution is 2.39. The molecular weight excluding hydrogens is 493 g/mol. The Balaban J connectivity index is 1.26. The molecule has 3 aromatic heterocycles. The number of hydrogen-bond acceptors (Lipinski definition) is 7. The molecule has 4 aromatic rings. The number of halogens is 1. The Hall–Kier alpha value is -3.60. The molecule has 192 valence electrons. The molecule has 1 saturated carbocycles. The van der Waals surface area contributed by atoms with Crippen molar-refractivity contribution in [2.45, 2.75) is 25.3 Å². The maximum absolute atomic E-state index is 14.8. The number of aromatic nitrogens is 2. The van der Waals surface area contributed by atoms with Gasteiger partial charge in [0, 0.05) is 49.9 Å². The van der Waals surface area contributed by atoms with Gasteiger partial charge in [0.05, 0.1) is 27.4 Å². The van der Waals surface area contributed by atoms with Gasteiger partial charge < -0.3 is 25.4 Å². The molecular formula is C27H28FN5O3S. The molecule has 0 radical (unpaired) electrons. The minimum atomic E-state index is -0.570. The van der Waals surface area contributed by atoms with Gasteiger partial charge in [0.2, 0.25) is 0 Å². The van der Waals surface area contributed by atoms with Crippen LogP contribution in [0.5, 0.6) is 11.5 Å². The first-order chi connectivity index (χ1) is 18.1. The van der Waals surface area contributed by atoms with Crippen LogP contribution in [0.1, 0.15) is 18.4 Å². The number of hydrogen-bond donors (Lipinski definition) is 3. The number of urea groups is 1. The van der Waals surface area contributed by atoms with Crippen LogP contribution in [0.15, 0.2) is 54.9 Å². The van der Waals surface area contributed by atoms with E-state index in [1.54, 1.807) is 25.4 Å². The average molecular weight is 522 g/mol. The molecule has 10 heteroatoms. The van der Waals surface area contributed by atoms with Crippen molar-refractivity contribution in [1.29, 1.82) is 0 Å². The molecule has 1 aliphatic rings. The van der Waals surface area contributed by atoms with Gasteiger partial charge >= 0.3 is 6.03 Å². The maximum Gasteiger partial charge on any atom is 0.319 e. The van der Waals surface area contributed by atoms with Crippen LogP contribution in [-0.4, -0.2) is 48.8 Å². The minimum Gasteiger partial charge on any atom is -0.453 e. The van der Waals surface area contributed by atoms with Crippen molar-refractivity contribution in [3.8, 4) is 22.1 Å². The van der Waals surface area contributed by atoms with Crippen LogP contribution in [0.25, 0.3) is 20.8 Å². The zero-order valence-electron chi connectivity index (χ0n) is 20.4. The van der Waals surface area contributed by atoms with Gasteiger partial charge in [-0.25, -0.2) is 9.18 Å². The molecule has 0 unspecified atom stereocenters. The molecule has 0 saturated heterocycles. The molecule has 5 rings (SSSR count). The number of carbonyl (C=O) groups excluding carboxylic acids is 1. The van der Waals surface area contributed by atoms with E-state index in [9.17, 15) is 9.18 Å². The van der Waals surface area contributed by atoms with Crippen LogP contribution in [-0.2, 0) is 11.2 Å². The normalized spacial score (nSPS) is 13.0. The third-order valence-electron chi connectivity index (χ3n) is 5.85. The number of nitrogens with zero attached hydrogens (tertiary/aromatic N) is 2. The molecule has 2 amide bonds. The fourth-order valence-corrected chi connectivity index (χ4v) is 4.77. The molecule has 0 spiro atoms. The Labute approximate surface area is 218 Å². The largest absolute Gasteiger partial charge is 0.453 e. The van der Waals surface area contributed by atoms with E-state index in [1.807, 2.05) is 18.3 Å². The number of thiophene rings is 1. The third-order valence-corrected chi connectivity index (χ3v) is 7.01. The topological polar surface area (TPSA) is 97.4 Å². The van der Waals surface area contributed by atoms with Gasteiger partial charge in [0.25, 0.3) is 0 Å². The first-order valence-electron chi connectivity index (χ1n) is 12.2. The molecule has 0 aliphatic heterocycles. The van der Waals surface area contributed by atoms with Crippen LogP contribution >= 0.6 is 11.3 Å². The van der Waals surface area contributed by atoms with E-state index in [-0.39, 0.29) is 17.8 Å². The highest BCUT2D eigenvalue weighted by Gasteiger charge is 2.23. The zero-order chi connectivity index (χ0) is 25.6. The number of amides is 2. The van der Waals surface area contributed by atoms with Gasteiger partial charge in [-0.05, 0) is 55.6 Å². The monoisotopic (exact) mass is 521 g/mol. The maximum atomic E-state index is 14.8. The molecule has 8 nitrogen and oxygen atoms in total. The number of methoxy groups -OCH3 is 1. The highest BCUT2D eigenvalue weighted by molar-refractivity contribution is 7.22. The van der Waals surface area contributed by atoms with Gasteiger partial charge in [-0.2, -0.15) is 0 Å². The predicted molar refractivity (Wildman–Crippen MR) is 143 cm³/mol. The predicted octanol–water partition coefficient (Wildman–Crippen LogP) is 5.35. The summed E-state index contributed by atoms with van der Waals surface area (Å²) in [6, 6.07) is 12.0. The van der Waals surface area contributed by atoms with E-state index in [0.29, 0.717) is 18.0 Å². The lowest BCUT2D eigenvalue weighted by Gasteiger charge is -2.10. The molecule has 3 heterocycles. The Bertz CT molecular complexity index is 1370. The first kappa shape index (κ1) is 25.1. The van der Waals surface area contributed by atoms with Crippen LogP contribution < -0.4 is 20.7 Å². The van der Waals surface area contributed by atoms with E-state index >= 15 is 0 Å². The Morgan fingerprint density at radius 1 is 1.11 bits per heavy atom. The van der Waals surface area contributed by atoms with E-state index in [2.05, 4.69) is 32.0 Å². The number of pyridine rings is 2. The van der Waals surface area contributed by atoms with Crippen LogP contribution in [0.2, 0.25) is 0 Å². The summed E-state index contributed by atoms with van der Waals surface area (Å²) in [6.07, 6.45) is 6.37. The summed E-state index contributed by atoms with van der Waals surface area (Å²) in [4.78, 5) is 21.9. The average Bonchev–Trinajstić information content (AvgIpc) is 3.59. The van der Waals surface area contributed by atoms with Crippen molar-refractivity contribution in [1.82, 2.24) is 20.6 Å². The molecule has 0 bridgehead atoms. The number of carbonyl (C=O) groups is 1. The van der Waals surface area contributed by atoms with Crippen LogP contribution in [0.3, 0.4) is 0 Å². The van der Waals surface area contributed by atoms with Gasteiger partial charge in [-0.1, -0.05) is 6.07 Å². The van der Waals surface area contributed by atoms with Gasteiger partial charge in [-0.15, -0.1) is 11.3 Å². The number of anilines is 1. The van der Waals surface area contributed by atoms with Crippen molar-refractivity contribution < 1.29 is 18.7 Å². The Morgan fingerprint density at radius 2 is 2.00 bits per heavy atom. The summed E-state index contributed by atoms with van der Waals surface area (Å²) in [5, 5.41) is 8.79. The number of fused-ring (bicyclic) bond motifs is 1. The van der Waals surface area contributed by atoms with Crippen molar-refractivity contribution >= 4 is 33.3 Å². The fourth-order valence-electron chi connectivity index (χ4n) is 3.73. The Kier molecular flexibility index (Phi) is 7.88. The molecule has 3 N–H and O–H groups in total. The van der Waals surface area contributed by atoms with E-state index in [1.165, 1.54) is 23.5 Å². The number of ether oxygens (including phenoxy) is 2. The smallest absolute Gasteiger partial charge is 0.319 e. The van der Waals surface area contributed by atoms with Gasteiger partial charge in [0.15, 0.2) is 11.6 Å². The minimum absolute atomic E-state index is 0.0668. The lowest BCUT2D eigenvalue weighted by atomic mass is 10.2. The standard InChI is InChI=1S/C27H28FN5O3S/c1-35-13-12-29-10-8-17-2-6-21(31-16-17)25-15-22-26(37-25)24(9-11-30-22)36-23-7-5-19(14-20(23)28)33-27(34)32-18-3-4-18/h2,5-7,9,11,14-16,18,29H,3-4,8,10,12-13H2,1H3,(H2,32,33,34). The SMILES string of the molecule is COCCNCCc1ccc(-c2cc3nccc(Oc4ccc(NC(=O)NC5CC5)cc4F)c3s2)nc1. The number of benzene rings is 1. The third kappa shape index (κ3) is 6.59. The lowest BCUT2D eigenvalue weighted by Crippen LogP contribution is -2.30. The summed E-state index contributed by atoms with van der Waals surface area (Å²) in [6.45, 7) is 2.37. The van der Waals surface area contributed by atoms with Crippen molar-refractivity contribution in [2.24, 2.45) is 0 Å². The quantitative estimate of drug-likeness (QED) is 0.230. The van der Waals surface area contributed by atoms with Crippen molar-refractivity contribution in [3.05, 3.63) is 66.2 Å². The summed E-state index contributed by atoms with van der Waals surface area (Å²) < 4.78 is 26.6. The molecule has 1 fully saturated rings. The molecule has 1 aromatic carbocycles. The second-order valence-electron chi connectivity index (χ2n) is 8.80. The van der Waals surface area contributed by atoms with Gasteiger partial charge in [-0.3, -0.25) is 9.97 Å². The van der Waals surface area contributed by atoms with Crippen LogP contribution in [0.4, 0.5) is 14.9 Å². The van der Waals surface area contributed by atoms with E-state index < -0.39 is 5.82 Å². The van der Waals surface area contributed by atoms with E-state index in [0.717, 1.165) is 58.7 Å². The van der Waals surface area contributed by atoms with Crippen molar-refractivity contribution in [2.75, 3.05) is 32.1 Å². The Morgan fingerprint density at radius 3 is 2.76 bits per heavy atom. The van der Waals surface area contributed by atoms with Gasteiger partial charge in [0.1, 0.15) is 5.75 Å².